The topological polar surface area (TPSA) is 108 Å². The molecule has 0 saturated carbocycles. The molecule has 0 aromatic heterocycles. The van der Waals surface area contributed by atoms with E-state index >= 15 is 0 Å². The number of benzene rings is 2. The summed E-state index contributed by atoms with van der Waals surface area (Å²) in [4.78, 5) is 41.3. The Morgan fingerprint density at radius 1 is 0.959 bits per heavy atom. The number of hydrogen-bond donors (Lipinski definition) is 0. The van der Waals surface area contributed by atoms with Gasteiger partial charge in [-0.2, -0.15) is 13.2 Å². The summed E-state index contributed by atoms with van der Waals surface area (Å²) in [5.74, 6) is -1.48. The van der Waals surface area contributed by atoms with Crippen molar-refractivity contribution in [3.8, 4) is 17.2 Å². The van der Waals surface area contributed by atoms with E-state index in [1.54, 1.807) is 20.1 Å². The number of nitro benzene ring substituents is 1. The van der Waals surface area contributed by atoms with Crippen LogP contribution < -0.4 is 9.47 Å². The van der Waals surface area contributed by atoms with E-state index in [0.29, 0.717) is 61.3 Å². The van der Waals surface area contributed by atoms with Gasteiger partial charge in [-0.05, 0) is 66.8 Å². The number of carbonyl (C=O) groups is 2. The number of methoxy groups -OCH3 is 1. The van der Waals surface area contributed by atoms with Crippen molar-refractivity contribution < 1.29 is 41.9 Å². The molecule has 0 radical (unpaired) electrons. The molecule has 2 aliphatic carbocycles. The molecule has 3 aliphatic rings. The third-order valence-electron chi connectivity index (χ3n) is 9.11. The van der Waals surface area contributed by atoms with E-state index in [0.717, 1.165) is 17.5 Å². The van der Waals surface area contributed by atoms with Gasteiger partial charge in [0.1, 0.15) is 0 Å². The summed E-state index contributed by atoms with van der Waals surface area (Å²) in [6, 6.07) is 5.07. The van der Waals surface area contributed by atoms with E-state index in [1.807, 2.05) is 27.7 Å². The third kappa shape index (κ3) is 7.35. The van der Waals surface area contributed by atoms with Crippen molar-refractivity contribution in [3.05, 3.63) is 79.1 Å². The predicted molar refractivity (Wildman–Crippen MR) is 177 cm³/mol. The molecule has 9 nitrogen and oxygen atoms in total. The fourth-order valence-corrected chi connectivity index (χ4v) is 7.42. The lowest BCUT2D eigenvalue weighted by atomic mass is 9.63. The smallest absolute Gasteiger partial charge is 0.416 e. The van der Waals surface area contributed by atoms with Crippen LogP contribution in [0.5, 0.6) is 17.2 Å². The van der Waals surface area contributed by atoms with Crippen LogP contribution in [0.1, 0.15) is 83.8 Å². The second kappa shape index (κ2) is 13.4. The van der Waals surface area contributed by atoms with Gasteiger partial charge in [0.2, 0.25) is 5.75 Å². The Hall–Kier alpha value is -3.90. The maximum Gasteiger partial charge on any atom is 0.416 e. The number of hydrogen-bond acceptors (Lipinski definition) is 8. The Kier molecular flexibility index (Phi) is 9.97. The van der Waals surface area contributed by atoms with Crippen LogP contribution in [0.15, 0.2) is 52.9 Å². The minimum atomic E-state index is -4.81. The third-order valence-corrected chi connectivity index (χ3v) is 9.39. The van der Waals surface area contributed by atoms with E-state index in [1.165, 1.54) is 6.07 Å². The molecule has 0 unspecified atom stereocenters. The number of allylic oxidation sites excluding steroid dienone is 4. The summed E-state index contributed by atoms with van der Waals surface area (Å²) in [5, 5.41) is 11.7. The molecule has 0 bridgehead atoms. The van der Waals surface area contributed by atoms with Crippen LogP contribution in [0.4, 0.5) is 18.9 Å². The van der Waals surface area contributed by atoms with E-state index < -0.39 is 34.0 Å². The van der Waals surface area contributed by atoms with E-state index in [2.05, 4.69) is 4.90 Å². The van der Waals surface area contributed by atoms with Gasteiger partial charge in [-0.3, -0.25) is 19.7 Å². The average molecular weight is 705 g/mol. The zero-order chi connectivity index (χ0) is 36.1. The highest BCUT2D eigenvalue weighted by Gasteiger charge is 2.49. The molecule has 2 aromatic rings. The molecular formula is C36H40ClF3N2O7. The first-order chi connectivity index (χ1) is 22.9. The molecule has 0 fully saturated rings. The summed E-state index contributed by atoms with van der Waals surface area (Å²) in [6.45, 7) is 11.1. The summed E-state index contributed by atoms with van der Waals surface area (Å²) in [7, 11) is 1.63. The largest absolute Gasteiger partial charge is 0.490 e. The monoisotopic (exact) mass is 704 g/mol. The van der Waals surface area contributed by atoms with Gasteiger partial charge < -0.3 is 19.1 Å². The van der Waals surface area contributed by atoms with Gasteiger partial charge in [-0.25, -0.2) is 0 Å². The molecule has 0 spiro atoms. The summed E-state index contributed by atoms with van der Waals surface area (Å²) >= 11 is 6.82. The van der Waals surface area contributed by atoms with Crippen LogP contribution in [0.2, 0.25) is 5.02 Å². The molecule has 0 amide bonds. The minimum Gasteiger partial charge on any atom is -0.490 e. The maximum atomic E-state index is 14.1. The van der Waals surface area contributed by atoms with Gasteiger partial charge >= 0.3 is 11.9 Å². The van der Waals surface area contributed by atoms with Crippen molar-refractivity contribution in [2.24, 2.45) is 10.8 Å². The molecule has 5 rings (SSSR count). The van der Waals surface area contributed by atoms with Crippen LogP contribution in [-0.4, -0.2) is 48.3 Å². The zero-order valence-corrected chi connectivity index (χ0v) is 29.1. The molecule has 1 aliphatic heterocycles. The second-order valence-electron chi connectivity index (χ2n) is 14.3. The number of ether oxygens (including phenoxy) is 3. The molecule has 0 N–H and O–H groups in total. The van der Waals surface area contributed by atoms with Crippen molar-refractivity contribution >= 4 is 28.9 Å². The zero-order valence-electron chi connectivity index (χ0n) is 28.4. The van der Waals surface area contributed by atoms with Gasteiger partial charge in [0.25, 0.3) is 0 Å². The van der Waals surface area contributed by atoms with Crippen LogP contribution in [0.3, 0.4) is 0 Å². The van der Waals surface area contributed by atoms with Crippen LogP contribution >= 0.6 is 11.6 Å². The number of ketones is 2. The first-order valence-electron chi connectivity index (χ1n) is 16.2. The normalized spacial score (nSPS) is 19.2. The Morgan fingerprint density at radius 2 is 1.55 bits per heavy atom. The van der Waals surface area contributed by atoms with Gasteiger partial charge in [-0.15, -0.1) is 0 Å². The maximum absolute atomic E-state index is 14.1. The molecule has 13 heteroatoms. The molecule has 0 saturated heterocycles. The van der Waals surface area contributed by atoms with Gasteiger partial charge in [0.05, 0.1) is 22.1 Å². The lowest BCUT2D eigenvalue weighted by Gasteiger charge is -2.49. The SMILES string of the molecule is CCOc1cc(C2C3=C(CC(C)(C)CC3=O)N(CCCOC)C3=C2C(=O)CC(C)(C)C3)cc(Cl)c1Oc1ccc(C(F)(F)F)cc1[N+](=O)[O-]. The summed E-state index contributed by atoms with van der Waals surface area (Å²) < 4.78 is 57.1. The van der Waals surface area contributed by atoms with Crippen molar-refractivity contribution in [2.75, 3.05) is 26.9 Å². The van der Waals surface area contributed by atoms with Crippen molar-refractivity contribution in [1.29, 1.82) is 0 Å². The van der Waals surface area contributed by atoms with E-state index in [-0.39, 0.29) is 58.4 Å². The van der Waals surface area contributed by atoms with Crippen LogP contribution in [0, 0.1) is 20.9 Å². The molecule has 2 aromatic carbocycles. The second-order valence-corrected chi connectivity index (χ2v) is 14.7. The molecule has 1 heterocycles. The number of Topliss-reactive ketones (excluding diaryl/α,β-unsaturated/α-hetero) is 2. The Bertz CT molecular complexity index is 1710. The van der Waals surface area contributed by atoms with Gasteiger partial charge in [-0.1, -0.05) is 39.3 Å². The lowest BCUT2D eigenvalue weighted by molar-refractivity contribution is -0.385. The van der Waals surface area contributed by atoms with Crippen molar-refractivity contribution in [3.63, 3.8) is 0 Å². The summed E-state index contributed by atoms with van der Waals surface area (Å²) in [5.41, 5.74) is 0.503. The van der Waals surface area contributed by atoms with Crippen molar-refractivity contribution in [2.45, 2.75) is 78.8 Å². The van der Waals surface area contributed by atoms with Gasteiger partial charge in [0.15, 0.2) is 23.1 Å². The van der Waals surface area contributed by atoms with Crippen LogP contribution in [0.25, 0.3) is 0 Å². The minimum absolute atomic E-state index is 0.0539. The number of halogens is 4. The average Bonchev–Trinajstić information content (AvgIpc) is 2.97. The first-order valence-corrected chi connectivity index (χ1v) is 16.5. The number of nitrogens with zero attached hydrogens (tertiary/aromatic N) is 2. The predicted octanol–water partition coefficient (Wildman–Crippen LogP) is 9.18. The first kappa shape index (κ1) is 36.4. The molecule has 49 heavy (non-hydrogen) atoms. The quantitative estimate of drug-likeness (QED) is 0.137. The van der Waals surface area contributed by atoms with Crippen LogP contribution in [-0.2, 0) is 20.5 Å². The fraction of sp³-hybridized carbons (Fsp3) is 0.500. The number of nitro groups is 1. The Morgan fingerprint density at radius 3 is 2.06 bits per heavy atom. The Balaban J connectivity index is 1.70. The highest BCUT2D eigenvalue weighted by molar-refractivity contribution is 6.32. The number of alkyl halides is 3. The molecular weight excluding hydrogens is 665 g/mol. The van der Waals surface area contributed by atoms with Crippen molar-refractivity contribution in [1.82, 2.24) is 4.90 Å². The highest BCUT2D eigenvalue weighted by Crippen LogP contribution is 2.56. The number of rotatable bonds is 10. The number of carbonyl (C=O) groups excluding carboxylic acids is 2. The van der Waals surface area contributed by atoms with E-state index in [9.17, 15) is 32.9 Å². The summed E-state index contributed by atoms with van der Waals surface area (Å²) in [6.07, 6.45) is -2.36. The van der Waals surface area contributed by atoms with E-state index in [4.69, 9.17) is 25.8 Å². The van der Waals surface area contributed by atoms with Gasteiger partial charge in [0, 0.05) is 67.6 Å². The molecule has 0 atom stereocenters. The lowest BCUT2D eigenvalue weighted by Crippen LogP contribution is -2.44. The highest BCUT2D eigenvalue weighted by atomic mass is 35.5. The molecule has 264 valence electrons. The standard InChI is InChI=1S/C36H40ClF3N2O7/c1-7-48-29-14-20(13-22(37)33(29)49-28-10-9-21(36(38,39)40)15-23(28)42(45)46)30-31-24(16-34(2,3)18-26(31)43)41(11-8-12-47-6)25-17-35(4,5)19-27(44)32(25)30/h9-10,13-15,30H,7-8,11-12,16-19H2,1-6H3. The fourth-order valence-electron chi connectivity index (χ4n) is 7.17. The Labute approximate surface area is 288 Å².